The van der Waals surface area contributed by atoms with Crippen molar-refractivity contribution >= 4 is 10.4 Å². The predicted molar refractivity (Wildman–Crippen MR) is 54.0 cm³/mol. The average Bonchev–Trinajstić information content (AvgIpc) is 2.17. The number of hydrogen-bond donors (Lipinski definition) is 3. The van der Waals surface area contributed by atoms with Gasteiger partial charge in [-0.1, -0.05) is 6.08 Å². The molecule has 0 aliphatic rings. The lowest BCUT2D eigenvalue weighted by atomic mass is 10.5. The SMILES string of the molecule is C=CCOS(=O)(=O)OCCC(O)O.CN. The lowest BCUT2D eigenvalue weighted by Crippen LogP contribution is -2.15. The van der Waals surface area contributed by atoms with Gasteiger partial charge in [0.05, 0.1) is 13.2 Å². The van der Waals surface area contributed by atoms with E-state index in [-0.39, 0.29) is 19.6 Å². The van der Waals surface area contributed by atoms with Gasteiger partial charge in [-0.05, 0) is 7.05 Å². The Balaban J connectivity index is 0. The summed E-state index contributed by atoms with van der Waals surface area (Å²) < 4.78 is 29.9. The monoisotopic (exact) mass is 243 g/mol. The highest BCUT2D eigenvalue weighted by Crippen LogP contribution is 1.98. The third-order valence-electron chi connectivity index (χ3n) is 0.934. The molecule has 0 spiro atoms. The topological polar surface area (TPSA) is 119 Å². The van der Waals surface area contributed by atoms with Crippen LogP contribution in [0.2, 0.25) is 0 Å². The molecule has 0 heterocycles. The van der Waals surface area contributed by atoms with Crippen molar-refractivity contribution in [1.82, 2.24) is 0 Å². The van der Waals surface area contributed by atoms with Crippen molar-refractivity contribution in [3.63, 3.8) is 0 Å². The highest BCUT2D eigenvalue weighted by Gasteiger charge is 2.11. The van der Waals surface area contributed by atoms with Crippen LogP contribution >= 0.6 is 0 Å². The Hall–Kier alpha value is -0.510. The molecule has 0 aromatic rings. The van der Waals surface area contributed by atoms with E-state index in [0.717, 1.165) is 0 Å². The molecular formula is C7H17NO6S. The minimum absolute atomic E-state index is 0.177. The number of aliphatic hydroxyl groups is 2. The maximum Gasteiger partial charge on any atom is 0.400 e. The molecule has 7 nitrogen and oxygen atoms in total. The Morgan fingerprint density at radius 1 is 1.40 bits per heavy atom. The van der Waals surface area contributed by atoms with Gasteiger partial charge >= 0.3 is 10.4 Å². The summed E-state index contributed by atoms with van der Waals surface area (Å²) in [5, 5.41) is 16.7. The molecule has 0 aromatic carbocycles. The normalized spacial score (nSPS) is 10.7. The Morgan fingerprint density at radius 2 is 1.93 bits per heavy atom. The van der Waals surface area contributed by atoms with Crippen molar-refractivity contribution in [3.05, 3.63) is 12.7 Å². The van der Waals surface area contributed by atoms with Gasteiger partial charge in [0, 0.05) is 6.42 Å². The van der Waals surface area contributed by atoms with Crippen LogP contribution < -0.4 is 5.73 Å². The average molecular weight is 243 g/mol. The first-order chi connectivity index (χ1) is 6.98. The standard InChI is InChI=1S/C6H12O6S.CH5N/c1-2-4-11-13(9,10)12-5-3-6(7)8;1-2/h2,6-8H,1,3-5H2;2H2,1H3. The maximum atomic E-state index is 10.7. The largest absolute Gasteiger partial charge is 0.400 e. The van der Waals surface area contributed by atoms with E-state index in [0.29, 0.717) is 0 Å². The van der Waals surface area contributed by atoms with Crippen molar-refractivity contribution in [2.24, 2.45) is 5.73 Å². The Morgan fingerprint density at radius 3 is 2.33 bits per heavy atom. The third-order valence-corrected chi connectivity index (χ3v) is 1.81. The zero-order valence-corrected chi connectivity index (χ0v) is 9.31. The number of hydrogen-bond acceptors (Lipinski definition) is 7. The summed E-state index contributed by atoms with van der Waals surface area (Å²) in [5.74, 6) is 0. The van der Waals surface area contributed by atoms with Gasteiger partial charge in [-0.3, -0.25) is 0 Å². The molecule has 92 valence electrons. The van der Waals surface area contributed by atoms with E-state index < -0.39 is 16.7 Å². The summed E-state index contributed by atoms with van der Waals surface area (Å²) in [4.78, 5) is 0. The molecule has 4 N–H and O–H groups in total. The summed E-state index contributed by atoms with van der Waals surface area (Å²) in [6.45, 7) is 2.73. The van der Waals surface area contributed by atoms with Crippen molar-refractivity contribution < 1.29 is 27.0 Å². The molecule has 0 rings (SSSR count). The molecule has 0 saturated heterocycles. The van der Waals surface area contributed by atoms with Gasteiger partial charge < -0.3 is 15.9 Å². The van der Waals surface area contributed by atoms with Gasteiger partial charge in [0.1, 0.15) is 0 Å². The second kappa shape index (κ2) is 10.0. The Labute approximate surface area is 89.4 Å². The smallest absolute Gasteiger partial charge is 0.368 e. The zero-order valence-electron chi connectivity index (χ0n) is 8.50. The van der Waals surface area contributed by atoms with Crippen LogP contribution in [0.1, 0.15) is 6.42 Å². The first-order valence-corrected chi connectivity index (χ1v) is 5.40. The molecule has 0 aliphatic heterocycles. The highest BCUT2D eigenvalue weighted by molar-refractivity contribution is 7.81. The minimum atomic E-state index is -4.03. The first kappa shape index (κ1) is 16.9. The first-order valence-electron chi connectivity index (χ1n) is 4.06. The van der Waals surface area contributed by atoms with Crippen LogP contribution in [0.25, 0.3) is 0 Å². The van der Waals surface area contributed by atoms with E-state index in [4.69, 9.17) is 10.2 Å². The fraction of sp³-hybridized carbons (Fsp3) is 0.714. The summed E-state index contributed by atoms with van der Waals surface area (Å²) in [7, 11) is -2.53. The summed E-state index contributed by atoms with van der Waals surface area (Å²) in [6.07, 6.45) is -0.534. The second-order valence-electron chi connectivity index (χ2n) is 2.07. The third kappa shape index (κ3) is 13.5. The zero-order chi connectivity index (χ0) is 12.3. The molecule has 8 heteroatoms. The summed E-state index contributed by atoms with van der Waals surface area (Å²) in [5.41, 5.74) is 4.50. The lowest BCUT2D eigenvalue weighted by molar-refractivity contribution is -0.0522. The van der Waals surface area contributed by atoms with Gasteiger partial charge in [0.25, 0.3) is 0 Å². The van der Waals surface area contributed by atoms with Crippen LogP contribution in [-0.2, 0) is 18.8 Å². The molecule has 0 aromatic heterocycles. The van der Waals surface area contributed by atoms with Crippen LogP contribution in [0, 0.1) is 0 Å². The van der Waals surface area contributed by atoms with Crippen LogP contribution in [-0.4, -0.2) is 45.2 Å². The van der Waals surface area contributed by atoms with E-state index in [1.165, 1.54) is 13.1 Å². The predicted octanol–water partition coefficient (Wildman–Crippen LogP) is -1.27. The van der Waals surface area contributed by atoms with Crippen LogP contribution in [0.3, 0.4) is 0 Å². The van der Waals surface area contributed by atoms with Gasteiger partial charge in [0.2, 0.25) is 0 Å². The van der Waals surface area contributed by atoms with E-state index >= 15 is 0 Å². The van der Waals surface area contributed by atoms with E-state index in [1.54, 1.807) is 0 Å². The second-order valence-corrected chi connectivity index (χ2v) is 3.36. The molecule has 0 saturated carbocycles. The molecule has 0 unspecified atom stereocenters. The van der Waals surface area contributed by atoms with Gasteiger partial charge in [0.15, 0.2) is 6.29 Å². The fourth-order valence-electron chi connectivity index (χ4n) is 0.421. The van der Waals surface area contributed by atoms with Gasteiger partial charge in [-0.25, -0.2) is 8.37 Å². The van der Waals surface area contributed by atoms with E-state index in [1.807, 2.05) is 0 Å². The van der Waals surface area contributed by atoms with Crippen molar-refractivity contribution in [2.45, 2.75) is 12.7 Å². The number of aliphatic hydroxyl groups excluding tert-OH is 1. The number of rotatable bonds is 7. The Kier molecular flexibility index (Phi) is 11.3. The van der Waals surface area contributed by atoms with Crippen LogP contribution in [0.5, 0.6) is 0 Å². The van der Waals surface area contributed by atoms with Gasteiger partial charge in [-0.2, -0.15) is 8.42 Å². The molecule has 0 amide bonds. The molecular weight excluding hydrogens is 226 g/mol. The molecule has 0 aliphatic carbocycles. The molecule has 0 radical (unpaired) electrons. The molecule has 0 atom stereocenters. The van der Waals surface area contributed by atoms with E-state index in [9.17, 15) is 8.42 Å². The quantitative estimate of drug-likeness (QED) is 0.376. The molecule has 15 heavy (non-hydrogen) atoms. The van der Waals surface area contributed by atoms with Gasteiger partial charge in [-0.15, -0.1) is 6.58 Å². The number of nitrogens with two attached hydrogens (primary N) is 1. The lowest BCUT2D eigenvalue weighted by Gasteiger charge is -2.04. The molecule has 0 fully saturated rings. The summed E-state index contributed by atoms with van der Waals surface area (Å²) >= 11 is 0. The van der Waals surface area contributed by atoms with Crippen LogP contribution in [0.4, 0.5) is 0 Å². The Bertz CT molecular complexity index is 238. The highest BCUT2D eigenvalue weighted by atomic mass is 32.3. The van der Waals surface area contributed by atoms with Crippen molar-refractivity contribution in [2.75, 3.05) is 20.3 Å². The van der Waals surface area contributed by atoms with Crippen molar-refractivity contribution in [1.29, 1.82) is 0 Å². The fourth-order valence-corrected chi connectivity index (χ4v) is 1.05. The molecule has 0 bridgehead atoms. The summed E-state index contributed by atoms with van der Waals surface area (Å²) in [6, 6.07) is 0. The van der Waals surface area contributed by atoms with Crippen LogP contribution in [0.15, 0.2) is 12.7 Å². The minimum Gasteiger partial charge on any atom is -0.368 e. The van der Waals surface area contributed by atoms with E-state index in [2.05, 4.69) is 20.7 Å². The maximum absolute atomic E-state index is 10.7. The van der Waals surface area contributed by atoms with Crippen molar-refractivity contribution in [3.8, 4) is 0 Å².